The Balaban J connectivity index is 2.06. The predicted octanol–water partition coefficient (Wildman–Crippen LogP) is 3.81. The number of para-hydroxylation sites is 1. The second-order valence-corrected chi connectivity index (χ2v) is 6.75. The van der Waals surface area contributed by atoms with E-state index < -0.39 is 0 Å². The van der Waals surface area contributed by atoms with Crippen molar-refractivity contribution in [2.24, 2.45) is 11.7 Å². The fourth-order valence-corrected chi connectivity index (χ4v) is 4.11. The van der Waals surface area contributed by atoms with E-state index in [1.54, 1.807) is 0 Å². The molecule has 1 atom stereocenters. The lowest BCUT2D eigenvalue weighted by molar-refractivity contribution is 0.0601. The van der Waals surface area contributed by atoms with E-state index in [-0.39, 0.29) is 5.97 Å². The predicted molar refractivity (Wildman–Crippen MR) is 92.7 cm³/mol. The van der Waals surface area contributed by atoms with Gasteiger partial charge in [-0.25, -0.2) is 4.79 Å². The van der Waals surface area contributed by atoms with Crippen molar-refractivity contribution in [1.29, 1.82) is 0 Å². The molecule has 0 spiro atoms. The number of nitrogens with two attached hydrogens (primary N) is 1. The third kappa shape index (κ3) is 2.76. The van der Waals surface area contributed by atoms with Gasteiger partial charge in [0.2, 0.25) is 0 Å². The van der Waals surface area contributed by atoms with Crippen LogP contribution in [0, 0.1) is 12.8 Å². The summed E-state index contributed by atoms with van der Waals surface area (Å²) >= 11 is 0. The summed E-state index contributed by atoms with van der Waals surface area (Å²) in [5.74, 6) is 0.352. The third-order valence-corrected chi connectivity index (χ3v) is 5.45. The molecule has 0 saturated heterocycles. The highest BCUT2D eigenvalue weighted by molar-refractivity contribution is 6.05. The van der Waals surface area contributed by atoms with Crippen molar-refractivity contribution in [2.75, 3.05) is 7.11 Å². The lowest BCUT2D eigenvalue weighted by atomic mass is 9.82. The molecule has 0 radical (unpaired) electrons. The largest absolute Gasteiger partial charge is 0.465 e. The Morgan fingerprint density at radius 2 is 1.91 bits per heavy atom. The maximum atomic E-state index is 12.3. The molecular formula is C19H26N2O2. The number of carbonyl (C=O) groups is 1. The van der Waals surface area contributed by atoms with Gasteiger partial charge in [0.05, 0.1) is 12.7 Å². The summed E-state index contributed by atoms with van der Waals surface area (Å²) in [6, 6.07) is 8.82. The van der Waals surface area contributed by atoms with Crippen molar-refractivity contribution < 1.29 is 9.53 Å². The van der Waals surface area contributed by atoms with Crippen molar-refractivity contribution in [2.45, 2.75) is 51.6 Å². The molecule has 2 N–H and O–H groups in total. The number of methoxy groups -OCH3 is 1. The minimum absolute atomic E-state index is 0.254. The van der Waals surface area contributed by atoms with Crippen LogP contribution in [-0.4, -0.2) is 23.7 Å². The van der Waals surface area contributed by atoms with Gasteiger partial charge in [0.15, 0.2) is 0 Å². The van der Waals surface area contributed by atoms with Crippen LogP contribution in [-0.2, 0) is 4.74 Å². The first-order valence-electron chi connectivity index (χ1n) is 8.48. The topological polar surface area (TPSA) is 57.2 Å². The second-order valence-electron chi connectivity index (χ2n) is 6.75. The van der Waals surface area contributed by atoms with Crippen LogP contribution in [0.25, 0.3) is 10.9 Å². The van der Waals surface area contributed by atoms with Gasteiger partial charge in [-0.05, 0) is 51.5 Å². The second kappa shape index (κ2) is 6.36. The van der Waals surface area contributed by atoms with Gasteiger partial charge in [-0.3, -0.25) is 0 Å². The number of benzene rings is 1. The number of fused-ring (bicyclic) bond motifs is 1. The number of carbonyl (C=O) groups excluding carboxylic acids is 1. The van der Waals surface area contributed by atoms with E-state index in [4.69, 9.17) is 10.5 Å². The van der Waals surface area contributed by atoms with Crippen LogP contribution in [0.1, 0.15) is 54.7 Å². The Morgan fingerprint density at radius 1 is 1.26 bits per heavy atom. The number of esters is 1. The summed E-state index contributed by atoms with van der Waals surface area (Å²) in [7, 11) is 1.44. The molecule has 0 amide bonds. The average Bonchev–Trinajstić information content (AvgIpc) is 2.86. The van der Waals surface area contributed by atoms with Crippen molar-refractivity contribution in [3.05, 3.63) is 35.5 Å². The molecule has 0 aliphatic heterocycles. The molecule has 0 bridgehead atoms. The monoisotopic (exact) mass is 314 g/mol. The molecule has 23 heavy (non-hydrogen) atoms. The molecule has 1 aromatic heterocycles. The van der Waals surface area contributed by atoms with Gasteiger partial charge in [-0.15, -0.1) is 0 Å². The molecule has 1 heterocycles. The first-order chi connectivity index (χ1) is 11.0. The molecule has 2 aromatic rings. The van der Waals surface area contributed by atoms with Crippen LogP contribution in [0.4, 0.5) is 0 Å². The highest BCUT2D eigenvalue weighted by atomic mass is 16.5. The molecule has 4 nitrogen and oxygen atoms in total. The summed E-state index contributed by atoms with van der Waals surface area (Å²) in [5.41, 5.74) is 8.87. The van der Waals surface area contributed by atoms with E-state index in [1.807, 2.05) is 25.1 Å². The van der Waals surface area contributed by atoms with Gasteiger partial charge in [0.1, 0.15) is 0 Å². The molecule has 1 aliphatic carbocycles. The number of rotatable bonds is 3. The SMILES string of the molecule is COC(=O)c1c(C)n(C(C)C2CCC(N)CC2)c2ccccc12. The summed E-state index contributed by atoms with van der Waals surface area (Å²) in [4.78, 5) is 12.3. The molecular weight excluding hydrogens is 288 g/mol. The zero-order valence-electron chi connectivity index (χ0n) is 14.2. The van der Waals surface area contributed by atoms with Crippen molar-refractivity contribution >= 4 is 16.9 Å². The van der Waals surface area contributed by atoms with Gasteiger partial charge in [0, 0.05) is 28.7 Å². The van der Waals surface area contributed by atoms with Crippen LogP contribution in [0.5, 0.6) is 0 Å². The number of hydrogen-bond acceptors (Lipinski definition) is 3. The number of hydrogen-bond donors (Lipinski definition) is 1. The smallest absolute Gasteiger partial charge is 0.340 e. The van der Waals surface area contributed by atoms with Crippen LogP contribution >= 0.6 is 0 Å². The molecule has 1 unspecified atom stereocenters. The summed E-state index contributed by atoms with van der Waals surface area (Å²) < 4.78 is 7.33. The Morgan fingerprint density at radius 3 is 2.57 bits per heavy atom. The van der Waals surface area contributed by atoms with E-state index in [1.165, 1.54) is 7.11 Å². The molecule has 1 saturated carbocycles. The van der Waals surface area contributed by atoms with Crippen molar-refractivity contribution in [1.82, 2.24) is 4.57 Å². The fraction of sp³-hybridized carbons (Fsp3) is 0.526. The summed E-state index contributed by atoms with van der Waals surface area (Å²) in [6.45, 7) is 4.29. The maximum Gasteiger partial charge on any atom is 0.340 e. The summed E-state index contributed by atoms with van der Waals surface area (Å²) in [5, 5.41) is 0.983. The van der Waals surface area contributed by atoms with Crippen molar-refractivity contribution in [3.63, 3.8) is 0 Å². The standard InChI is InChI=1S/C19H26N2O2/c1-12(14-8-10-15(20)11-9-14)21-13(2)18(19(22)23-3)16-6-4-5-7-17(16)21/h4-7,12,14-15H,8-11,20H2,1-3H3. The lowest BCUT2D eigenvalue weighted by Gasteiger charge is -2.32. The van der Waals surface area contributed by atoms with Crippen molar-refractivity contribution in [3.8, 4) is 0 Å². The molecule has 4 heteroatoms. The van der Waals surface area contributed by atoms with E-state index in [0.717, 1.165) is 42.3 Å². The van der Waals surface area contributed by atoms with E-state index >= 15 is 0 Å². The maximum absolute atomic E-state index is 12.3. The summed E-state index contributed by atoms with van der Waals surface area (Å²) in [6.07, 6.45) is 4.50. The molecule has 1 aromatic carbocycles. The highest BCUT2D eigenvalue weighted by Gasteiger charge is 2.29. The van der Waals surface area contributed by atoms with Gasteiger partial charge >= 0.3 is 5.97 Å². The van der Waals surface area contributed by atoms with Gasteiger partial charge < -0.3 is 15.0 Å². The van der Waals surface area contributed by atoms with Gasteiger partial charge in [-0.1, -0.05) is 18.2 Å². The first kappa shape index (κ1) is 16.1. The average molecular weight is 314 g/mol. The fourth-order valence-electron chi connectivity index (χ4n) is 4.11. The zero-order valence-corrected chi connectivity index (χ0v) is 14.2. The number of nitrogens with zero attached hydrogens (tertiary/aromatic N) is 1. The number of ether oxygens (including phenoxy) is 1. The molecule has 3 rings (SSSR count). The minimum Gasteiger partial charge on any atom is -0.465 e. The number of aromatic nitrogens is 1. The van der Waals surface area contributed by atoms with Crippen LogP contribution in [0.2, 0.25) is 0 Å². The Hall–Kier alpha value is -1.81. The van der Waals surface area contributed by atoms with Gasteiger partial charge in [0.25, 0.3) is 0 Å². The van der Waals surface area contributed by atoms with Gasteiger partial charge in [-0.2, -0.15) is 0 Å². The zero-order chi connectivity index (χ0) is 16.6. The van der Waals surface area contributed by atoms with E-state index in [9.17, 15) is 4.79 Å². The Kier molecular flexibility index (Phi) is 4.44. The van der Waals surface area contributed by atoms with Crippen LogP contribution in [0.3, 0.4) is 0 Å². The molecule has 1 fully saturated rings. The minimum atomic E-state index is -0.254. The molecule has 1 aliphatic rings. The first-order valence-corrected chi connectivity index (χ1v) is 8.48. The quantitative estimate of drug-likeness (QED) is 0.876. The van der Waals surface area contributed by atoms with E-state index in [0.29, 0.717) is 23.6 Å². The Bertz CT molecular complexity index is 711. The third-order valence-electron chi connectivity index (χ3n) is 5.45. The van der Waals surface area contributed by atoms with Crippen LogP contribution < -0.4 is 5.73 Å². The molecule has 124 valence electrons. The Labute approximate surface area is 137 Å². The van der Waals surface area contributed by atoms with E-state index in [2.05, 4.69) is 17.6 Å². The highest BCUT2D eigenvalue weighted by Crippen LogP contribution is 2.37. The van der Waals surface area contributed by atoms with Crippen LogP contribution in [0.15, 0.2) is 24.3 Å². The normalized spacial score (nSPS) is 23.0. The lowest BCUT2D eigenvalue weighted by Crippen LogP contribution is -2.30.